The van der Waals surface area contributed by atoms with Crippen LogP contribution in [-0.2, 0) is 11.2 Å². The van der Waals surface area contributed by atoms with E-state index in [0.29, 0.717) is 24.6 Å². The van der Waals surface area contributed by atoms with Crippen molar-refractivity contribution in [2.75, 3.05) is 13.1 Å². The molecule has 94 valence electrons. The first-order valence-electron chi connectivity index (χ1n) is 6.11. The average Bonchev–Trinajstić information content (AvgIpc) is 2.81. The van der Waals surface area contributed by atoms with Crippen LogP contribution in [-0.4, -0.2) is 35.1 Å². The predicted molar refractivity (Wildman–Crippen MR) is 63.2 cm³/mol. The molecule has 1 aromatic rings. The van der Waals surface area contributed by atoms with Crippen molar-refractivity contribution in [3.05, 3.63) is 18.0 Å². The minimum atomic E-state index is 0.0981. The summed E-state index contributed by atoms with van der Waals surface area (Å²) in [4.78, 5) is 14.1. The highest BCUT2D eigenvalue weighted by Gasteiger charge is 2.30. The summed E-state index contributed by atoms with van der Waals surface area (Å²) >= 11 is 0. The van der Waals surface area contributed by atoms with Gasteiger partial charge in [-0.25, -0.2) is 0 Å². The Labute approximate surface area is 101 Å². The first kappa shape index (κ1) is 12.1. The maximum Gasteiger partial charge on any atom is 0.229 e. The lowest BCUT2D eigenvalue weighted by atomic mass is 9.90. The second kappa shape index (κ2) is 5.31. The van der Waals surface area contributed by atoms with Gasteiger partial charge in [-0.05, 0) is 18.8 Å². The number of nitrogens with zero attached hydrogens (tertiary/aromatic N) is 2. The summed E-state index contributed by atoms with van der Waals surface area (Å²) < 4.78 is 4.73. The fourth-order valence-electron chi connectivity index (χ4n) is 2.50. The summed E-state index contributed by atoms with van der Waals surface area (Å²) in [5, 5.41) is 3.77. The van der Waals surface area contributed by atoms with Gasteiger partial charge in [0.1, 0.15) is 6.26 Å². The average molecular weight is 237 g/mol. The van der Waals surface area contributed by atoms with E-state index in [-0.39, 0.29) is 11.9 Å². The number of piperidine rings is 1. The SMILES string of the molecule is C[C@H]1CCCN(C(=O)Cc2ccon2)[C@H]1CN. The Morgan fingerprint density at radius 3 is 3.18 bits per heavy atom. The molecule has 5 heteroatoms. The maximum absolute atomic E-state index is 12.2. The van der Waals surface area contributed by atoms with E-state index in [1.165, 1.54) is 6.26 Å². The van der Waals surface area contributed by atoms with Crippen LogP contribution in [0.3, 0.4) is 0 Å². The molecule has 1 aliphatic heterocycles. The highest BCUT2D eigenvalue weighted by Crippen LogP contribution is 2.23. The number of carbonyl (C=O) groups excluding carboxylic acids is 1. The van der Waals surface area contributed by atoms with Gasteiger partial charge in [-0.2, -0.15) is 0 Å². The summed E-state index contributed by atoms with van der Waals surface area (Å²) in [5.41, 5.74) is 6.45. The quantitative estimate of drug-likeness (QED) is 0.844. The number of rotatable bonds is 3. The maximum atomic E-state index is 12.2. The Hall–Kier alpha value is -1.36. The minimum absolute atomic E-state index is 0.0981. The normalized spacial score (nSPS) is 24.9. The highest BCUT2D eigenvalue weighted by molar-refractivity contribution is 5.78. The van der Waals surface area contributed by atoms with Gasteiger partial charge in [0.15, 0.2) is 0 Å². The summed E-state index contributed by atoms with van der Waals surface area (Å²) in [6.07, 6.45) is 4.00. The molecule has 2 rings (SSSR count). The molecule has 1 aliphatic rings. The Morgan fingerprint density at radius 1 is 1.71 bits per heavy atom. The van der Waals surface area contributed by atoms with Gasteiger partial charge in [-0.3, -0.25) is 4.79 Å². The first-order valence-corrected chi connectivity index (χ1v) is 6.11. The summed E-state index contributed by atoms with van der Waals surface area (Å²) in [6.45, 7) is 3.50. The van der Waals surface area contributed by atoms with E-state index in [4.69, 9.17) is 10.3 Å². The Balaban J connectivity index is 2.02. The molecule has 1 amide bonds. The number of nitrogens with two attached hydrogens (primary N) is 1. The lowest BCUT2D eigenvalue weighted by Crippen LogP contribution is -2.51. The first-order chi connectivity index (χ1) is 8.22. The summed E-state index contributed by atoms with van der Waals surface area (Å²) in [7, 11) is 0. The molecule has 5 nitrogen and oxygen atoms in total. The van der Waals surface area contributed by atoms with Gasteiger partial charge in [0, 0.05) is 25.2 Å². The molecule has 0 unspecified atom stereocenters. The van der Waals surface area contributed by atoms with Gasteiger partial charge < -0.3 is 15.2 Å². The Morgan fingerprint density at radius 2 is 2.53 bits per heavy atom. The lowest BCUT2D eigenvalue weighted by Gasteiger charge is -2.39. The number of carbonyl (C=O) groups is 1. The third-order valence-electron chi connectivity index (χ3n) is 3.50. The van der Waals surface area contributed by atoms with Gasteiger partial charge in [0.25, 0.3) is 0 Å². The van der Waals surface area contributed by atoms with E-state index in [1.54, 1.807) is 6.07 Å². The van der Waals surface area contributed by atoms with Gasteiger partial charge in [-0.1, -0.05) is 12.1 Å². The fraction of sp³-hybridized carbons (Fsp3) is 0.667. The molecule has 1 aromatic heterocycles. The largest absolute Gasteiger partial charge is 0.364 e. The smallest absolute Gasteiger partial charge is 0.229 e. The van der Waals surface area contributed by atoms with Crippen molar-refractivity contribution in [2.24, 2.45) is 11.7 Å². The molecule has 17 heavy (non-hydrogen) atoms. The van der Waals surface area contributed by atoms with Gasteiger partial charge in [0.2, 0.25) is 5.91 Å². The van der Waals surface area contributed by atoms with Crippen LogP contribution in [0.25, 0.3) is 0 Å². The predicted octanol–water partition coefficient (Wildman–Crippen LogP) is 0.803. The van der Waals surface area contributed by atoms with Crippen LogP contribution in [0.15, 0.2) is 16.9 Å². The molecule has 1 fully saturated rings. The van der Waals surface area contributed by atoms with Crippen LogP contribution in [0.2, 0.25) is 0 Å². The van der Waals surface area contributed by atoms with Crippen LogP contribution in [0.5, 0.6) is 0 Å². The van der Waals surface area contributed by atoms with E-state index >= 15 is 0 Å². The van der Waals surface area contributed by atoms with E-state index in [1.807, 2.05) is 4.90 Å². The van der Waals surface area contributed by atoms with Crippen molar-refractivity contribution in [2.45, 2.75) is 32.2 Å². The monoisotopic (exact) mass is 237 g/mol. The number of hydrogen-bond acceptors (Lipinski definition) is 4. The molecular formula is C12H19N3O2. The van der Waals surface area contributed by atoms with Crippen LogP contribution >= 0.6 is 0 Å². The number of amides is 1. The zero-order chi connectivity index (χ0) is 12.3. The standard InChI is InChI=1S/C12H19N3O2/c1-9-3-2-5-15(11(9)8-13)12(16)7-10-4-6-17-14-10/h4,6,9,11H,2-3,5,7-8,13H2,1H3/t9-,11-/m0/s1. The summed E-state index contributed by atoms with van der Waals surface area (Å²) in [5.74, 6) is 0.580. The molecule has 0 saturated carbocycles. The fourth-order valence-corrected chi connectivity index (χ4v) is 2.50. The Bertz CT molecular complexity index is 364. The molecular weight excluding hydrogens is 218 g/mol. The van der Waals surface area contributed by atoms with Crippen molar-refractivity contribution in [1.29, 1.82) is 0 Å². The van der Waals surface area contributed by atoms with E-state index in [0.717, 1.165) is 19.4 Å². The lowest BCUT2D eigenvalue weighted by molar-refractivity contribution is -0.135. The number of aromatic nitrogens is 1. The van der Waals surface area contributed by atoms with E-state index in [2.05, 4.69) is 12.1 Å². The molecule has 0 aliphatic carbocycles. The zero-order valence-electron chi connectivity index (χ0n) is 10.1. The van der Waals surface area contributed by atoms with Crippen LogP contribution < -0.4 is 5.73 Å². The van der Waals surface area contributed by atoms with Gasteiger partial charge in [0.05, 0.1) is 12.1 Å². The molecule has 2 N–H and O–H groups in total. The van der Waals surface area contributed by atoms with Crippen molar-refractivity contribution in [1.82, 2.24) is 10.1 Å². The van der Waals surface area contributed by atoms with Crippen molar-refractivity contribution in [3.8, 4) is 0 Å². The van der Waals surface area contributed by atoms with Crippen molar-refractivity contribution >= 4 is 5.91 Å². The molecule has 2 heterocycles. The molecule has 1 saturated heterocycles. The molecule has 0 bridgehead atoms. The van der Waals surface area contributed by atoms with Crippen LogP contribution in [0.1, 0.15) is 25.5 Å². The second-order valence-electron chi connectivity index (χ2n) is 4.68. The third kappa shape index (κ3) is 2.66. The summed E-state index contributed by atoms with van der Waals surface area (Å²) in [6, 6.07) is 1.89. The zero-order valence-corrected chi connectivity index (χ0v) is 10.1. The molecule has 0 aromatic carbocycles. The third-order valence-corrected chi connectivity index (χ3v) is 3.50. The number of hydrogen-bond donors (Lipinski definition) is 1. The topological polar surface area (TPSA) is 72.4 Å². The van der Waals surface area contributed by atoms with Crippen molar-refractivity contribution < 1.29 is 9.32 Å². The molecule has 0 spiro atoms. The Kier molecular flexibility index (Phi) is 3.78. The number of likely N-dealkylation sites (tertiary alicyclic amines) is 1. The second-order valence-corrected chi connectivity index (χ2v) is 4.68. The molecule has 0 radical (unpaired) electrons. The van der Waals surface area contributed by atoms with E-state index in [9.17, 15) is 4.79 Å². The molecule has 2 atom stereocenters. The van der Waals surface area contributed by atoms with Crippen molar-refractivity contribution in [3.63, 3.8) is 0 Å². The van der Waals surface area contributed by atoms with Gasteiger partial charge >= 0.3 is 0 Å². The highest BCUT2D eigenvalue weighted by atomic mass is 16.5. The van der Waals surface area contributed by atoms with Crippen LogP contribution in [0, 0.1) is 5.92 Å². The van der Waals surface area contributed by atoms with Gasteiger partial charge in [-0.15, -0.1) is 0 Å². The van der Waals surface area contributed by atoms with Crippen LogP contribution in [0.4, 0.5) is 0 Å². The minimum Gasteiger partial charge on any atom is -0.364 e. The van der Waals surface area contributed by atoms with E-state index < -0.39 is 0 Å².